The maximum atomic E-state index is 10.5. The summed E-state index contributed by atoms with van der Waals surface area (Å²) >= 11 is 0. The molecule has 3 heteroatoms. The Morgan fingerprint density at radius 1 is 0.964 bits per heavy atom. The molecule has 1 aromatic heterocycles. The summed E-state index contributed by atoms with van der Waals surface area (Å²) in [6, 6.07) is 11.1. The Bertz CT molecular complexity index is 663. The molecule has 1 aromatic carbocycles. The van der Waals surface area contributed by atoms with Crippen LogP contribution in [0.15, 0.2) is 42.7 Å². The number of hydrogen-bond donors (Lipinski definition) is 1. The fraction of sp³-hybridized carbons (Fsp3) is 0.520. The predicted octanol–water partition coefficient (Wildman–Crippen LogP) is 6.38. The van der Waals surface area contributed by atoms with E-state index >= 15 is 0 Å². The highest BCUT2D eigenvalue weighted by Crippen LogP contribution is 2.17. The van der Waals surface area contributed by atoms with Crippen LogP contribution in [0, 0.1) is 13.8 Å². The van der Waals surface area contributed by atoms with Crippen LogP contribution in [0.2, 0.25) is 0 Å². The van der Waals surface area contributed by atoms with Crippen LogP contribution >= 0.6 is 0 Å². The topological polar surface area (TPSA) is 42.0 Å². The predicted molar refractivity (Wildman–Crippen MR) is 122 cm³/mol. The van der Waals surface area contributed by atoms with E-state index in [1.807, 2.05) is 33.2 Å². The summed E-state index contributed by atoms with van der Waals surface area (Å²) in [4.78, 5) is 14.7. The molecule has 0 aliphatic rings. The van der Waals surface area contributed by atoms with E-state index in [1.54, 1.807) is 0 Å². The third-order valence-corrected chi connectivity index (χ3v) is 4.38. The number of pyridine rings is 1. The molecule has 0 aliphatic carbocycles. The van der Waals surface area contributed by atoms with Gasteiger partial charge in [0.1, 0.15) is 0 Å². The lowest BCUT2D eigenvalue weighted by atomic mass is 10.00. The average Bonchev–Trinajstić information content (AvgIpc) is 2.68. The summed E-state index contributed by atoms with van der Waals surface area (Å²) in [7, 11) is 0. The zero-order valence-electron chi connectivity index (χ0n) is 19.2. The minimum Gasteiger partial charge on any atom is -0.354 e. The van der Waals surface area contributed by atoms with Crippen molar-refractivity contribution in [1.82, 2.24) is 10.3 Å². The SMILES string of the molecule is CCC(=O)NC(C)C.CCC(C)c1cncc(C)c1.CCc1ccc(C)cc1. The molecule has 1 heterocycles. The molecular formula is C25H40N2O. The van der Waals surface area contributed by atoms with Crippen LogP contribution in [-0.2, 0) is 11.2 Å². The van der Waals surface area contributed by atoms with Crippen molar-refractivity contribution in [3.05, 3.63) is 65.0 Å². The quantitative estimate of drug-likeness (QED) is 0.649. The van der Waals surface area contributed by atoms with Crippen LogP contribution in [0.5, 0.6) is 0 Å². The Morgan fingerprint density at radius 3 is 1.96 bits per heavy atom. The third-order valence-electron chi connectivity index (χ3n) is 4.38. The maximum absolute atomic E-state index is 10.5. The molecular weight excluding hydrogens is 344 g/mol. The number of benzene rings is 1. The van der Waals surface area contributed by atoms with Crippen molar-refractivity contribution >= 4 is 5.91 Å². The highest BCUT2D eigenvalue weighted by atomic mass is 16.1. The van der Waals surface area contributed by atoms with Crippen molar-refractivity contribution in [3.63, 3.8) is 0 Å². The number of nitrogens with zero attached hydrogens (tertiary/aromatic N) is 1. The first-order valence-electron chi connectivity index (χ1n) is 10.5. The molecule has 0 aliphatic heterocycles. The summed E-state index contributed by atoms with van der Waals surface area (Å²) in [6.07, 6.45) is 6.76. The van der Waals surface area contributed by atoms with E-state index in [2.05, 4.69) is 75.3 Å². The van der Waals surface area contributed by atoms with Crippen LogP contribution in [0.25, 0.3) is 0 Å². The second-order valence-corrected chi connectivity index (χ2v) is 7.52. The summed E-state index contributed by atoms with van der Waals surface area (Å²) in [5, 5.41) is 2.75. The van der Waals surface area contributed by atoms with Gasteiger partial charge in [-0.3, -0.25) is 9.78 Å². The average molecular weight is 385 g/mol. The van der Waals surface area contributed by atoms with E-state index in [4.69, 9.17) is 0 Å². The highest BCUT2D eigenvalue weighted by Gasteiger charge is 2.01. The Kier molecular flexibility index (Phi) is 13.7. The number of nitrogens with one attached hydrogen (secondary N) is 1. The molecule has 0 radical (unpaired) electrons. The van der Waals surface area contributed by atoms with Crippen LogP contribution in [0.1, 0.15) is 82.6 Å². The van der Waals surface area contributed by atoms with Crippen molar-refractivity contribution < 1.29 is 4.79 Å². The molecule has 2 aromatic rings. The smallest absolute Gasteiger partial charge is 0.219 e. The van der Waals surface area contributed by atoms with Gasteiger partial charge >= 0.3 is 0 Å². The van der Waals surface area contributed by atoms with Crippen molar-refractivity contribution in [2.45, 2.75) is 86.6 Å². The largest absolute Gasteiger partial charge is 0.354 e. The van der Waals surface area contributed by atoms with Crippen LogP contribution in [0.4, 0.5) is 0 Å². The first-order valence-corrected chi connectivity index (χ1v) is 10.5. The van der Waals surface area contributed by atoms with Gasteiger partial charge < -0.3 is 5.32 Å². The Labute approximate surface area is 173 Å². The number of carbonyl (C=O) groups is 1. The van der Waals surface area contributed by atoms with E-state index in [0.29, 0.717) is 12.3 Å². The lowest BCUT2D eigenvalue weighted by Gasteiger charge is -2.07. The number of aromatic nitrogens is 1. The van der Waals surface area contributed by atoms with Crippen molar-refractivity contribution in [2.24, 2.45) is 0 Å². The Balaban J connectivity index is 0.000000397. The number of amides is 1. The van der Waals surface area contributed by atoms with Gasteiger partial charge in [-0.1, -0.05) is 63.6 Å². The first-order chi connectivity index (χ1) is 13.2. The van der Waals surface area contributed by atoms with Crippen LogP contribution in [0.3, 0.4) is 0 Å². The van der Waals surface area contributed by atoms with Crippen molar-refractivity contribution in [3.8, 4) is 0 Å². The third kappa shape index (κ3) is 12.3. The minimum absolute atomic E-state index is 0.125. The highest BCUT2D eigenvalue weighted by molar-refractivity contribution is 5.75. The van der Waals surface area contributed by atoms with Gasteiger partial charge in [-0.05, 0) is 63.1 Å². The van der Waals surface area contributed by atoms with E-state index in [9.17, 15) is 4.79 Å². The zero-order valence-corrected chi connectivity index (χ0v) is 19.2. The minimum atomic E-state index is 0.125. The molecule has 1 N–H and O–H groups in total. The number of rotatable bonds is 5. The molecule has 1 unspecified atom stereocenters. The second kappa shape index (κ2) is 14.8. The maximum Gasteiger partial charge on any atom is 0.219 e. The van der Waals surface area contributed by atoms with Gasteiger partial charge in [0.2, 0.25) is 5.91 Å². The van der Waals surface area contributed by atoms with Gasteiger partial charge in [-0.15, -0.1) is 0 Å². The van der Waals surface area contributed by atoms with Crippen molar-refractivity contribution in [2.75, 3.05) is 0 Å². The molecule has 2 rings (SSSR count). The molecule has 1 amide bonds. The van der Waals surface area contributed by atoms with Gasteiger partial charge in [-0.2, -0.15) is 0 Å². The second-order valence-electron chi connectivity index (χ2n) is 7.52. The molecule has 156 valence electrons. The Hall–Kier alpha value is -2.16. The van der Waals surface area contributed by atoms with Crippen molar-refractivity contribution in [1.29, 1.82) is 0 Å². The van der Waals surface area contributed by atoms with E-state index < -0.39 is 0 Å². The normalized spacial score (nSPS) is 10.9. The van der Waals surface area contributed by atoms with Gasteiger partial charge in [0, 0.05) is 24.9 Å². The van der Waals surface area contributed by atoms with E-state index in [0.717, 1.165) is 6.42 Å². The first kappa shape index (κ1) is 25.8. The lowest BCUT2D eigenvalue weighted by Crippen LogP contribution is -2.29. The fourth-order valence-corrected chi connectivity index (χ4v) is 2.33. The van der Waals surface area contributed by atoms with E-state index in [-0.39, 0.29) is 11.9 Å². The van der Waals surface area contributed by atoms with Crippen LogP contribution < -0.4 is 5.32 Å². The summed E-state index contributed by atoms with van der Waals surface area (Å²) in [5.74, 6) is 0.766. The Morgan fingerprint density at radius 2 is 1.57 bits per heavy atom. The summed E-state index contributed by atoms with van der Waals surface area (Å²) in [5.41, 5.74) is 5.36. The molecule has 0 saturated carbocycles. The standard InChI is InChI=1S/C10H15N.C9H12.C6H13NO/c1-4-9(3)10-5-8(2)6-11-7-10;1-3-9-6-4-8(2)5-7-9;1-4-6(8)7-5(2)3/h5-7,9H,4H2,1-3H3;4-7H,3H2,1-2H3;5H,4H2,1-3H3,(H,7,8). The molecule has 0 saturated heterocycles. The number of hydrogen-bond acceptors (Lipinski definition) is 2. The number of carbonyl (C=O) groups excluding carboxylic acids is 1. The molecule has 0 bridgehead atoms. The summed E-state index contributed by atoms with van der Waals surface area (Å²) in [6.45, 7) is 16.5. The monoisotopic (exact) mass is 384 g/mol. The van der Waals surface area contributed by atoms with Gasteiger partial charge in [0.05, 0.1) is 0 Å². The van der Waals surface area contributed by atoms with Crippen LogP contribution in [-0.4, -0.2) is 16.9 Å². The zero-order chi connectivity index (χ0) is 21.5. The van der Waals surface area contributed by atoms with Gasteiger partial charge in [-0.25, -0.2) is 0 Å². The fourth-order valence-electron chi connectivity index (χ4n) is 2.33. The van der Waals surface area contributed by atoms with E-state index in [1.165, 1.54) is 28.7 Å². The molecule has 3 nitrogen and oxygen atoms in total. The molecule has 0 spiro atoms. The lowest BCUT2D eigenvalue weighted by molar-refractivity contribution is -0.121. The summed E-state index contributed by atoms with van der Waals surface area (Å²) < 4.78 is 0. The molecule has 0 fully saturated rings. The molecule has 28 heavy (non-hydrogen) atoms. The van der Waals surface area contributed by atoms with Gasteiger partial charge in [0.15, 0.2) is 0 Å². The molecule has 1 atom stereocenters. The number of aryl methyl sites for hydroxylation is 3. The van der Waals surface area contributed by atoms with Gasteiger partial charge in [0.25, 0.3) is 0 Å².